The van der Waals surface area contributed by atoms with Crippen molar-refractivity contribution in [2.75, 3.05) is 26.7 Å². The molecule has 152 valence electrons. The van der Waals surface area contributed by atoms with Crippen molar-refractivity contribution in [3.63, 3.8) is 0 Å². The van der Waals surface area contributed by atoms with Crippen LogP contribution in [0.5, 0.6) is 0 Å². The third-order valence-corrected chi connectivity index (χ3v) is 6.20. The molecule has 2 heterocycles. The Bertz CT molecular complexity index is 770. The summed E-state index contributed by atoms with van der Waals surface area (Å²) in [7, 11) is 1.82. The van der Waals surface area contributed by atoms with Gasteiger partial charge in [-0.3, -0.25) is 9.89 Å². The van der Waals surface area contributed by atoms with E-state index in [1.165, 1.54) is 46.9 Å². The standard InChI is InChI=1S/C22H33N5S/c1-17-7-6-12-27(15-17)16-20-9-5-4-8-19(20)14-26-22(23-3)24-11-10-21-25-13-18(2)28-21/h4-5,8-9,13,17H,6-7,10-12,14-16H2,1-3H3,(H2,23,24,26). The highest BCUT2D eigenvalue weighted by Crippen LogP contribution is 2.19. The summed E-state index contributed by atoms with van der Waals surface area (Å²) in [6, 6.07) is 8.76. The summed E-state index contributed by atoms with van der Waals surface area (Å²) < 4.78 is 0. The van der Waals surface area contributed by atoms with E-state index in [1.807, 2.05) is 13.2 Å². The Morgan fingerprint density at radius 3 is 2.82 bits per heavy atom. The van der Waals surface area contributed by atoms with Gasteiger partial charge in [0.15, 0.2) is 5.96 Å². The Balaban J connectivity index is 1.49. The normalized spacial score (nSPS) is 18.2. The van der Waals surface area contributed by atoms with Gasteiger partial charge in [0, 0.05) is 50.7 Å². The molecule has 0 spiro atoms. The first-order valence-corrected chi connectivity index (χ1v) is 11.1. The number of thiazole rings is 1. The number of nitrogens with zero attached hydrogens (tertiary/aromatic N) is 3. The fourth-order valence-electron chi connectivity index (χ4n) is 3.76. The molecule has 0 aliphatic carbocycles. The van der Waals surface area contributed by atoms with Crippen LogP contribution in [0.1, 0.15) is 40.8 Å². The highest BCUT2D eigenvalue weighted by atomic mass is 32.1. The van der Waals surface area contributed by atoms with E-state index in [4.69, 9.17) is 0 Å². The van der Waals surface area contributed by atoms with Crippen molar-refractivity contribution in [2.24, 2.45) is 10.9 Å². The first kappa shape index (κ1) is 20.8. The lowest BCUT2D eigenvalue weighted by Crippen LogP contribution is -2.38. The van der Waals surface area contributed by atoms with Crippen LogP contribution in [0.2, 0.25) is 0 Å². The SMILES string of the molecule is CN=C(NCCc1ncc(C)s1)NCc1ccccc1CN1CCCC(C)C1. The second-order valence-electron chi connectivity index (χ2n) is 7.72. The molecule has 28 heavy (non-hydrogen) atoms. The van der Waals surface area contributed by atoms with E-state index in [0.717, 1.165) is 37.9 Å². The summed E-state index contributed by atoms with van der Waals surface area (Å²) in [5.41, 5.74) is 2.76. The van der Waals surface area contributed by atoms with Crippen LogP contribution >= 0.6 is 11.3 Å². The van der Waals surface area contributed by atoms with Gasteiger partial charge in [-0.1, -0.05) is 31.2 Å². The Morgan fingerprint density at radius 2 is 2.11 bits per heavy atom. The molecule has 1 aromatic heterocycles. The van der Waals surface area contributed by atoms with Crippen LogP contribution in [0.3, 0.4) is 0 Å². The van der Waals surface area contributed by atoms with E-state index in [9.17, 15) is 0 Å². The smallest absolute Gasteiger partial charge is 0.191 e. The Kier molecular flexibility index (Phi) is 7.86. The molecule has 6 heteroatoms. The Morgan fingerprint density at radius 1 is 1.29 bits per heavy atom. The lowest BCUT2D eigenvalue weighted by Gasteiger charge is -2.31. The summed E-state index contributed by atoms with van der Waals surface area (Å²) in [5, 5.41) is 8.03. The van der Waals surface area contributed by atoms with Crippen LogP contribution in [0.4, 0.5) is 0 Å². The molecule has 1 saturated heterocycles. The third kappa shape index (κ3) is 6.31. The van der Waals surface area contributed by atoms with Gasteiger partial charge in [-0.25, -0.2) is 4.98 Å². The van der Waals surface area contributed by atoms with Gasteiger partial charge in [-0.05, 0) is 43.4 Å². The average molecular weight is 400 g/mol. The molecule has 2 N–H and O–H groups in total. The molecule has 0 radical (unpaired) electrons. The van der Waals surface area contributed by atoms with E-state index in [0.29, 0.717) is 0 Å². The van der Waals surface area contributed by atoms with Gasteiger partial charge in [0.2, 0.25) is 0 Å². The summed E-state index contributed by atoms with van der Waals surface area (Å²) in [6.07, 6.45) is 5.54. The minimum Gasteiger partial charge on any atom is -0.356 e. The molecule has 1 aliphatic rings. The van der Waals surface area contributed by atoms with Crippen molar-refractivity contribution in [1.82, 2.24) is 20.5 Å². The lowest BCUT2D eigenvalue weighted by molar-refractivity contribution is 0.176. The number of aliphatic imine (C=N–C) groups is 1. The molecule has 3 rings (SSSR count). The number of hydrogen-bond acceptors (Lipinski definition) is 4. The van der Waals surface area contributed by atoms with Crippen molar-refractivity contribution in [3.8, 4) is 0 Å². The predicted octanol–water partition coefficient (Wildman–Crippen LogP) is 3.59. The van der Waals surface area contributed by atoms with Crippen molar-refractivity contribution < 1.29 is 0 Å². The average Bonchev–Trinajstić information content (AvgIpc) is 3.10. The topological polar surface area (TPSA) is 52.6 Å². The van der Waals surface area contributed by atoms with E-state index >= 15 is 0 Å². The number of likely N-dealkylation sites (tertiary alicyclic amines) is 1. The maximum Gasteiger partial charge on any atom is 0.191 e. The third-order valence-electron chi connectivity index (χ3n) is 5.22. The van der Waals surface area contributed by atoms with Gasteiger partial charge in [0.25, 0.3) is 0 Å². The van der Waals surface area contributed by atoms with Crippen molar-refractivity contribution in [1.29, 1.82) is 0 Å². The van der Waals surface area contributed by atoms with E-state index in [1.54, 1.807) is 11.3 Å². The first-order chi connectivity index (χ1) is 13.6. The van der Waals surface area contributed by atoms with Crippen LogP contribution in [0.15, 0.2) is 35.5 Å². The van der Waals surface area contributed by atoms with E-state index < -0.39 is 0 Å². The number of guanidine groups is 1. The number of piperidine rings is 1. The lowest BCUT2D eigenvalue weighted by atomic mass is 9.99. The zero-order chi connectivity index (χ0) is 19.8. The highest BCUT2D eigenvalue weighted by molar-refractivity contribution is 7.11. The Labute approximate surface area is 173 Å². The summed E-state index contributed by atoms with van der Waals surface area (Å²) in [4.78, 5) is 12.6. The summed E-state index contributed by atoms with van der Waals surface area (Å²) >= 11 is 1.76. The molecule has 1 fully saturated rings. The van der Waals surface area contributed by atoms with Crippen molar-refractivity contribution in [3.05, 3.63) is 51.5 Å². The second kappa shape index (κ2) is 10.6. The molecular weight excluding hydrogens is 366 g/mol. The van der Waals surface area contributed by atoms with E-state index in [2.05, 4.69) is 63.6 Å². The molecular formula is C22H33N5S. The van der Waals surface area contributed by atoms with Crippen LogP contribution in [-0.2, 0) is 19.5 Å². The van der Waals surface area contributed by atoms with Gasteiger partial charge in [0.1, 0.15) is 0 Å². The molecule has 2 aromatic rings. The molecule has 1 aromatic carbocycles. The number of aromatic nitrogens is 1. The number of rotatable bonds is 7. The first-order valence-electron chi connectivity index (χ1n) is 10.3. The molecule has 1 atom stereocenters. The van der Waals surface area contributed by atoms with Crippen LogP contribution in [-0.4, -0.2) is 42.5 Å². The maximum absolute atomic E-state index is 4.42. The highest BCUT2D eigenvalue weighted by Gasteiger charge is 2.17. The quantitative estimate of drug-likeness (QED) is 0.552. The minimum atomic E-state index is 0.787. The number of nitrogens with one attached hydrogen (secondary N) is 2. The van der Waals surface area contributed by atoms with Crippen molar-refractivity contribution >= 4 is 17.3 Å². The molecule has 0 amide bonds. The van der Waals surface area contributed by atoms with Gasteiger partial charge in [-0.15, -0.1) is 11.3 Å². The van der Waals surface area contributed by atoms with Gasteiger partial charge < -0.3 is 10.6 Å². The van der Waals surface area contributed by atoms with Gasteiger partial charge in [-0.2, -0.15) is 0 Å². The molecule has 1 unspecified atom stereocenters. The monoisotopic (exact) mass is 399 g/mol. The zero-order valence-corrected chi connectivity index (χ0v) is 18.2. The van der Waals surface area contributed by atoms with Gasteiger partial charge >= 0.3 is 0 Å². The number of benzene rings is 1. The minimum absolute atomic E-state index is 0.787. The van der Waals surface area contributed by atoms with Crippen LogP contribution in [0, 0.1) is 12.8 Å². The molecule has 0 bridgehead atoms. The fourth-order valence-corrected chi connectivity index (χ4v) is 4.55. The van der Waals surface area contributed by atoms with E-state index in [-0.39, 0.29) is 0 Å². The number of hydrogen-bond donors (Lipinski definition) is 2. The summed E-state index contributed by atoms with van der Waals surface area (Å²) in [6.45, 7) is 9.54. The maximum atomic E-state index is 4.42. The number of aryl methyl sites for hydroxylation is 1. The largest absolute Gasteiger partial charge is 0.356 e. The molecule has 5 nitrogen and oxygen atoms in total. The molecule has 0 saturated carbocycles. The second-order valence-corrected chi connectivity index (χ2v) is 9.04. The predicted molar refractivity (Wildman–Crippen MR) is 119 cm³/mol. The van der Waals surface area contributed by atoms with Crippen LogP contribution < -0.4 is 10.6 Å². The van der Waals surface area contributed by atoms with Gasteiger partial charge in [0.05, 0.1) is 5.01 Å². The van der Waals surface area contributed by atoms with Crippen LogP contribution in [0.25, 0.3) is 0 Å². The zero-order valence-electron chi connectivity index (χ0n) is 17.4. The Hall–Kier alpha value is -1.92. The fraction of sp³-hybridized carbons (Fsp3) is 0.545. The summed E-state index contributed by atoms with van der Waals surface area (Å²) in [5.74, 6) is 1.65. The molecule has 1 aliphatic heterocycles. The van der Waals surface area contributed by atoms with Crippen molar-refractivity contribution in [2.45, 2.75) is 46.2 Å².